The van der Waals surface area contributed by atoms with Crippen LogP contribution in [0.4, 0.5) is 0 Å². The molecule has 0 amide bonds. The Morgan fingerprint density at radius 3 is 2.52 bits per heavy atom. The van der Waals surface area contributed by atoms with Gasteiger partial charge in [0.05, 0.1) is 11.7 Å². The number of hydrogen-bond donors (Lipinski definition) is 1. The molecule has 2 rings (SSSR count). The minimum atomic E-state index is 0.0906. The largest absolute Gasteiger partial charge is 0.326 e. The molecule has 0 aromatic carbocycles. The van der Waals surface area contributed by atoms with Crippen LogP contribution in [0.15, 0.2) is 30.3 Å². The molecule has 0 aliphatic carbocycles. The first-order valence-electron chi connectivity index (χ1n) is 7.49. The van der Waals surface area contributed by atoms with Crippen molar-refractivity contribution in [1.29, 1.82) is 0 Å². The first-order valence-corrected chi connectivity index (χ1v) is 8.31. The maximum Gasteiger partial charge on any atom is 0.0594 e. The molecule has 0 radical (unpaired) electrons. The first-order chi connectivity index (χ1) is 10.0. The van der Waals surface area contributed by atoms with Crippen molar-refractivity contribution in [2.45, 2.75) is 46.3 Å². The van der Waals surface area contributed by atoms with Gasteiger partial charge < -0.3 is 5.73 Å². The summed E-state index contributed by atoms with van der Waals surface area (Å²) in [7, 11) is 0. The zero-order valence-corrected chi connectivity index (χ0v) is 14.2. The van der Waals surface area contributed by atoms with Gasteiger partial charge in [0.1, 0.15) is 0 Å². The molecule has 2 aromatic rings. The van der Waals surface area contributed by atoms with Gasteiger partial charge in [0, 0.05) is 28.0 Å². The van der Waals surface area contributed by atoms with E-state index in [4.69, 9.17) is 5.73 Å². The summed E-state index contributed by atoms with van der Waals surface area (Å²) in [4.78, 5) is 9.72. The second-order valence-corrected chi connectivity index (χ2v) is 6.91. The number of aryl methyl sites for hydroxylation is 2. The van der Waals surface area contributed by atoms with Crippen LogP contribution >= 0.6 is 11.3 Å². The number of thiophene rings is 1. The summed E-state index contributed by atoms with van der Waals surface area (Å²) in [5.74, 6) is 0. The van der Waals surface area contributed by atoms with E-state index in [-0.39, 0.29) is 12.1 Å². The minimum Gasteiger partial charge on any atom is -0.326 e. The molecule has 0 saturated carbocycles. The average molecular weight is 303 g/mol. The van der Waals surface area contributed by atoms with Crippen molar-refractivity contribution in [3.05, 3.63) is 51.5 Å². The van der Waals surface area contributed by atoms with E-state index >= 15 is 0 Å². The standard InChI is InChI=1S/C17H25N3S/c1-5-20(11-15-8-6-7-12(2)19-15)17(14(4)18)16-10-9-13(3)21-16/h6-10,14,17H,5,11,18H2,1-4H3. The van der Waals surface area contributed by atoms with Crippen molar-refractivity contribution in [3.8, 4) is 0 Å². The Kier molecular flexibility index (Phi) is 5.51. The highest BCUT2D eigenvalue weighted by Gasteiger charge is 2.24. The molecule has 2 atom stereocenters. The summed E-state index contributed by atoms with van der Waals surface area (Å²) in [6, 6.07) is 10.9. The van der Waals surface area contributed by atoms with Crippen molar-refractivity contribution >= 4 is 11.3 Å². The van der Waals surface area contributed by atoms with Gasteiger partial charge >= 0.3 is 0 Å². The van der Waals surface area contributed by atoms with Gasteiger partial charge in [-0.1, -0.05) is 13.0 Å². The summed E-state index contributed by atoms with van der Waals surface area (Å²) >= 11 is 1.84. The molecule has 4 heteroatoms. The normalized spacial score (nSPS) is 14.4. The molecule has 2 N–H and O–H groups in total. The number of rotatable bonds is 6. The SMILES string of the molecule is CCN(Cc1cccc(C)n1)C(c1ccc(C)s1)C(C)N. The fourth-order valence-corrected chi connectivity index (χ4v) is 3.81. The Hall–Kier alpha value is -1.23. The van der Waals surface area contributed by atoms with Crippen LogP contribution in [0.2, 0.25) is 0 Å². The van der Waals surface area contributed by atoms with Crippen LogP contribution in [0.5, 0.6) is 0 Å². The monoisotopic (exact) mass is 303 g/mol. The van der Waals surface area contributed by atoms with Crippen LogP contribution in [0.25, 0.3) is 0 Å². The molecule has 2 unspecified atom stereocenters. The van der Waals surface area contributed by atoms with E-state index in [0.29, 0.717) is 0 Å². The van der Waals surface area contributed by atoms with Crippen molar-refractivity contribution in [2.24, 2.45) is 5.73 Å². The molecule has 0 spiro atoms. The summed E-state index contributed by atoms with van der Waals surface area (Å²) in [6.07, 6.45) is 0. The summed E-state index contributed by atoms with van der Waals surface area (Å²) < 4.78 is 0. The lowest BCUT2D eigenvalue weighted by atomic mass is 10.1. The van der Waals surface area contributed by atoms with E-state index in [1.165, 1.54) is 9.75 Å². The van der Waals surface area contributed by atoms with E-state index in [2.05, 4.69) is 54.9 Å². The molecule has 0 aliphatic rings. The van der Waals surface area contributed by atoms with Gasteiger partial charge in [-0.3, -0.25) is 9.88 Å². The highest BCUT2D eigenvalue weighted by Crippen LogP contribution is 2.30. The number of nitrogens with two attached hydrogens (primary N) is 1. The van der Waals surface area contributed by atoms with E-state index in [1.54, 1.807) is 0 Å². The quantitative estimate of drug-likeness (QED) is 0.885. The van der Waals surface area contributed by atoms with Gasteiger partial charge in [-0.25, -0.2) is 0 Å². The lowest BCUT2D eigenvalue weighted by Crippen LogP contribution is -2.38. The second kappa shape index (κ2) is 7.16. The Morgan fingerprint density at radius 2 is 2.00 bits per heavy atom. The van der Waals surface area contributed by atoms with Crippen molar-refractivity contribution in [2.75, 3.05) is 6.54 Å². The molecule has 21 heavy (non-hydrogen) atoms. The van der Waals surface area contributed by atoms with Gasteiger partial charge in [0.2, 0.25) is 0 Å². The van der Waals surface area contributed by atoms with Gasteiger partial charge in [-0.15, -0.1) is 11.3 Å². The lowest BCUT2D eigenvalue weighted by molar-refractivity contribution is 0.178. The highest BCUT2D eigenvalue weighted by molar-refractivity contribution is 7.12. The van der Waals surface area contributed by atoms with Gasteiger partial charge in [0.25, 0.3) is 0 Å². The number of aromatic nitrogens is 1. The fraction of sp³-hybridized carbons (Fsp3) is 0.471. The molecule has 0 saturated heterocycles. The molecular weight excluding hydrogens is 278 g/mol. The van der Waals surface area contributed by atoms with Gasteiger partial charge in [-0.05, 0) is 51.6 Å². The molecule has 114 valence electrons. The summed E-state index contributed by atoms with van der Waals surface area (Å²) in [5.41, 5.74) is 8.45. The Labute approximate surface area is 131 Å². The van der Waals surface area contributed by atoms with E-state index in [1.807, 2.05) is 24.3 Å². The van der Waals surface area contributed by atoms with Crippen molar-refractivity contribution in [1.82, 2.24) is 9.88 Å². The molecule has 2 heterocycles. The molecule has 0 aliphatic heterocycles. The van der Waals surface area contributed by atoms with Crippen LogP contribution in [-0.4, -0.2) is 22.5 Å². The van der Waals surface area contributed by atoms with E-state index in [9.17, 15) is 0 Å². The third kappa shape index (κ3) is 4.13. The van der Waals surface area contributed by atoms with Crippen LogP contribution in [0, 0.1) is 13.8 Å². The Bertz CT molecular complexity index is 577. The highest BCUT2D eigenvalue weighted by atomic mass is 32.1. The molecule has 3 nitrogen and oxygen atoms in total. The fourth-order valence-electron chi connectivity index (χ4n) is 2.69. The smallest absolute Gasteiger partial charge is 0.0594 e. The zero-order chi connectivity index (χ0) is 15.4. The van der Waals surface area contributed by atoms with E-state index in [0.717, 1.165) is 24.5 Å². The summed E-state index contributed by atoms with van der Waals surface area (Å²) in [5, 5.41) is 0. The van der Waals surface area contributed by atoms with Crippen LogP contribution in [0.3, 0.4) is 0 Å². The van der Waals surface area contributed by atoms with Gasteiger partial charge in [0.15, 0.2) is 0 Å². The van der Waals surface area contributed by atoms with Crippen LogP contribution in [0.1, 0.15) is 41.0 Å². The molecule has 0 bridgehead atoms. The van der Waals surface area contributed by atoms with Gasteiger partial charge in [-0.2, -0.15) is 0 Å². The lowest BCUT2D eigenvalue weighted by Gasteiger charge is -2.32. The summed E-state index contributed by atoms with van der Waals surface area (Å²) in [6.45, 7) is 10.2. The second-order valence-electron chi connectivity index (χ2n) is 5.59. The predicted molar refractivity (Wildman–Crippen MR) is 90.5 cm³/mol. The molecule has 2 aromatic heterocycles. The minimum absolute atomic E-state index is 0.0906. The van der Waals surface area contributed by atoms with Crippen LogP contribution < -0.4 is 5.73 Å². The predicted octanol–water partition coefficient (Wildman–Crippen LogP) is 3.67. The van der Waals surface area contributed by atoms with Crippen molar-refractivity contribution in [3.63, 3.8) is 0 Å². The maximum atomic E-state index is 6.28. The van der Waals surface area contributed by atoms with E-state index < -0.39 is 0 Å². The third-order valence-corrected chi connectivity index (χ3v) is 4.73. The topological polar surface area (TPSA) is 42.2 Å². The molecular formula is C17H25N3S. The van der Waals surface area contributed by atoms with Crippen LogP contribution in [-0.2, 0) is 6.54 Å². The maximum absolute atomic E-state index is 6.28. The number of pyridine rings is 1. The number of hydrogen-bond acceptors (Lipinski definition) is 4. The number of nitrogens with zero attached hydrogens (tertiary/aromatic N) is 2. The first kappa shape index (κ1) is 16.1. The Balaban J connectivity index is 2.24. The Morgan fingerprint density at radius 1 is 1.24 bits per heavy atom. The van der Waals surface area contributed by atoms with Crippen molar-refractivity contribution < 1.29 is 0 Å². The zero-order valence-electron chi connectivity index (χ0n) is 13.3. The number of likely N-dealkylation sites (N-methyl/N-ethyl adjacent to an activating group) is 1. The average Bonchev–Trinajstić information content (AvgIpc) is 2.84. The molecule has 0 fully saturated rings. The third-order valence-electron chi connectivity index (χ3n) is 3.66.